The van der Waals surface area contributed by atoms with Gasteiger partial charge in [0.05, 0.1) is 17.8 Å². The Kier molecular flexibility index (Phi) is 3.50. The molecule has 0 aliphatic carbocycles. The third-order valence-electron chi connectivity index (χ3n) is 3.22. The van der Waals surface area contributed by atoms with E-state index in [-0.39, 0.29) is 18.0 Å². The summed E-state index contributed by atoms with van der Waals surface area (Å²) in [7, 11) is 0. The molecule has 1 aromatic rings. The summed E-state index contributed by atoms with van der Waals surface area (Å²) in [5.74, 6) is -0.251. The Balaban J connectivity index is 2.11. The largest absolute Gasteiger partial charge is 0.389 e. The minimum Gasteiger partial charge on any atom is -0.389 e. The number of aliphatic hydroxyl groups is 1. The van der Waals surface area contributed by atoms with Crippen molar-refractivity contribution in [3.63, 3.8) is 0 Å². The monoisotopic (exact) mass is 238 g/mol. The minimum atomic E-state index is -0.773. The van der Waals surface area contributed by atoms with Gasteiger partial charge in [-0.05, 0) is 31.5 Å². The van der Waals surface area contributed by atoms with Crippen LogP contribution in [0.1, 0.15) is 32.3 Å². The fraction of sp³-hybridized carbons (Fsp3) is 0.571. The topological polar surface area (TPSA) is 29.5 Å². The highest BCUT2D eigenvalue weighted by Crippen LogP contribution is 2.31. The molecule has 17 heavy (non-hydrogen) atoms. The predicted molar refractivity (Wildman–Crippen MR) is 64.3 cm³/mol. The molecule has 0 spiro atoms. The van der Waals surface area contributed by atoms with Gasteiger partial charge in [0, 0.05) is 19.3 Å². The molecule has 1 saturated heterocycles. The maximum absolute atomic E-state index is 13.1. The lowest BCUT2D eigenvalue weighted by molar-refractivity contribution is -0.130. The lowest BCUT2D eigenvalue weighted by atomic mass is 9.82. The highest BCUT2D eigenvalue weighted by atomic mass is 19.1. The van der Waals surface area contributed by atoms with Crippen LogP contribution in [-0.2, 0) is 11.2 Å². The lowest BCUT2D eigenvalue weighted by Gasteiger charge is -2.39. The van der Waals surface area contributed by atoms with Crippen molar-refractivity contribution in [2.24, 2.45) is 0 Å². The Morgan fingerprint density at radius 1 is 1.35 bits per heavy atom. The Hall–Kier alpha value is -0.930. The van der Waals surface area contributed by atoms with Crippen LogP contribution in [0.25, 0.3) is 0 Å². The molecule has 0 aromatic heterocycles. The maximum Gasteiger partial charge on any atom is 0.123 e. The first kappa shape index (κ1) is 12.5. The molecule has 1 aliphatic rings. The summed E-state index contributed by atoms with van der Waals surface area (Å²) in [4.78, 5) is 0. The number of halogens is 1. The third kappa shape index (κ3) is 3.27. The molecule has 0 amide bonds. The van der Waals surface area contributed by atoms with Crippen LogP contribution in [0.5, 0.6) is 0 Å². The summed E-state index contributed by atoms with van der Waals surface area (Å²) in [5.41, 5.74) is 0.0685. The van der Waals surface area contributed by atoms with Gasteiger partial charge >= 0.3 is 0 Å². The molecule has 1 aromatic carbocycles. The second-order valence-corrected chi connectivity index (χ2v) is 5.20. The summed E-state index contributed by atoms with van der Waals surface area (Å²) in [6.45, 7) is 3.93. The van der Waals surface area contributed by atoms with Crippen molar-refractivity contribution in [1.82, 2.24) is 0 Å². The van der Waals surface area contributed by atoms with Crippen LogP contribution in [0.15, 0.2) is 24.3 Å². The smallest absolute Gasteiger partial charge is 0.123 e. The molecular weight excluding hydrogens is 219 g/mol. The van der Waals surface area contributed by atoms with Crippen molar-refractivity contribution in [3.8, 4) is 0 Å². The second kappa shape index (κ2) is 4.75. The molecule has 1 fully saturated rings. The molecule has 94 valence electrons. The molecule has 0 bridgehead atoms. The van der Waals surface area contributed by atoms with Crippen LogP contribution >= 0.6 is 0 Å². The van der Waals surface area contributed by atoms with Gasteiger partial charge in [0.1, 0.15) is 5.82 Å². The van der Waals surface area contributed by atoms with Gasteiger partial charge in [0.25, 0.3) is 0 Å². The predicted octanol–water partition coefficient (Wildman–Crippen LogP) is 2.69. The zero-order valence-electron chi connectivity index (χ0n) is 10.3. The van der Waals surface area contributed by atoms with E-state index >= 15 is 0 Å². The van der Waals surface area contributed by atoms with Gasteiger partial charge in [-0.2, -0.15) is 0 Å². The Labute approximate surface area is 101 Å². The van der Waals surface area contributed by atoms with Crippen LogP contribution in [0.3, 0.4) is 0 Å². The Morgan fingerprint density at radius 3 is 2.59 bits per heavy atom. The highest BCUT2D eigenvalue weighted by Gasteiger charge is 2.36. The van der Waals surface area contributed by atoms with Crippen LogP contribution in [0.4, 0.5) is 4.39 Å². The molecule has 2 rings (SSSR count). The molecule has 0 saturated carbocycles. The number of rotatable bonds is 2. The summed E-state index contributed by atoms with van der Waals surface area (Å²) in [5, 5.41) is 10.6. The van der Waals surface area contributed by atoms with E-state index < -0.39 is 5.60 Å². The summed E-state index contributed by atoms with van der Waals surface area (Å²) < 4.78 is 18.7. The fourth-order valence-corrected chi connectivity index (χ4v) is 2.82. The van der Waals surface area contributed by atoms with Gasteiger partial charge in [-0.25, -0.2) is 4.39 Å². The van der Waals surface area contributed by atoms with Gasteiger partial charge in [-0.15, -0.1) is 0 Å². The first-order valence-electron chi connectivity index (χ1n) is 6.09. The van der Waals surface area contributed by atoms with Crippen molar-refractivity contribution >= 4 is 0 Å². The molecule has 2 nitrogen and oxygen atoms in total. The highest BCUT2D eigenvalue weighted by molar-refractivity contribution is 5.19. The molecule has 1 aliphatic heterocycles. The van der Waals surface area contributed by atoms with E-state index in [1.54, 1.807) is 6.07 Å². The van der Waals surface area contributed by atoms with Gasteiger partial charge < -0.3 is 9.84 Å². The average Bonchev–Trinajstić information content (AvgIpc) is 2.13. The standard InChI is InChI=1S/C14H19FO2/c1-10-7-14(16,8-11(2)17-10)9-12-4-3-5-13(15)6-12/h3-6,10-11,16H,7-9H2,1-2H3. The quantitative estimate of drug-likeness (QED) is 0.858. The van der Waals surface area contributed by atoms with E-state index in [2.05, 4.69) is 0 Å². The van der Waals surface area contributed by atoms with Crippen molar-refractivity contribution in [2.45, 2.75) is 50.9 Å². The van der Waals surface area contributed by atoms with Crippen molar-refractivity contribution in [3.05, 3.63) is 35.6 Å². The van der Waals surface area contributed by atoms with E-state index in [0.29, 0.717) is 19.3 Å². The number of benzene rings is 1. The maximum atomic E-state index is 13.1. The Bertz CT molecular complexity index is 382. The molecule has 1 N–H and O–H groups in total. The minimum absolute atomic E-state index is 0.0531. The average molecular weight is 238 g/mol. The van der Waals surface area contributed by atoms with Crippen LogP contribution in [-0.4, -0.2) is 22.9 Å². The molecule has 3 heteroatoms. The summed E-state index contributed by atoms with van der Waals surface area (Å²) >= 11 is 0. The van der Waals surface area contributed by atoms with E-state index in [0.717, 1.165) is 5.56 Å². The van der Waals surface area contributed by atoms with Gasteiger partial charge in [-0.3, -0.25) is 0 Å². The van der Waals surface area contributed by atoms with Gasteiger partial charge in [0.15, 0.2) is 0 Å². The summed E-state index contributed by atoms with van der Waals surface area (Å²) in [6.07, 6.45) is 1.81. The van der Waals surface area contributed by atoms with Crippen molar-refractivity contribution in [2.75, 3.05) is 0 Å². The van der Waals surface area contributed by atoms with Gasteiger partial charge in [0.2, 0.25) is 0 Å². The van der Waals surface area contributed by atoms with Crippen LogP contribution in [0.2, 0.25) is 0 Å². The second-order valence-electron chi connectivity index (χ2n) is 5.20. The number of ether oxygens (including phenoxy) is 1. The fourth-order valence-electron chi connectivity index (χ4n) is 2.82. The van der Waals surface area contributed by atoms with E-state index in [9.17, 15) is 9.50 Å². The van der Waals surface area contributed by atoms with Crippen molar-refractivity contribution < 1.29 is 14.2 Å². The number of hydrogen-bond donors (Lipinski definition) is 1. The molecule has 2 unspecified atom stereocenters. The Morgan fingerprint density at radius 2 is 2.00 bits per heavy atom. The number of hydrogen-bond acceptors (Lipinski definition) is 2. The van der Waals surface area contributed by atoms with Gasteiger partial charge in [-0.1, -0.05) is 12.1 Å². The summed E-state index contributed by atoms with van der Waals surface area (Å²) in [6, 6.07) is 6.44. The molecule has 0 radical (unpaired) electrons. The SMILES string of the molecule is CC1CC(O)(Cc2cccc(F)c2)CC(C)O1. The lowest BCUT2D eigenvalue weighted by Crippen LogP contribution is -2.44. The molecule has 1 heterocycles. The molecule has 2 atom stereocenters. The normalized spacial score (nSPS) is 33.6. The zero-order valence-corrected chi connectivity index (χ0v) is 10.3. The van der Waals surface area contributed by atoms with E-state index in [1.807, 2.05) is 19.9 Å². The van der Waals surface area contributed by atoms with E-state index in [4.69, 9.17) is 4.74 Å². The first-order valence-corrected chi connectivity index (χ1v) is 6.09. The van der Waals surface area contributed by atoms with Crippen molar-refractivity contribution in [1.29, 1.82) is 0 Å². The zero-order chi connectivity index (χ0) is 12.5. The van der Waals surface area contributed by atoms with Crippen LogP contribution in [0, 0.1) is 5.82 Å². The van der Waals surface area contributed by atoms with Crippen LogP contribution < -0.4 is 0 Å². The molecular formula is C14H19FO2. The third-order valence-corrected chi connectivity index (χ3v) is 3.22. The van der Waals surface area contributed by atoms with E-state index in [1.165, 1.54) is 12.1 Å². The first-order chi connectivity index (χ1) is 7.97.